The molecule has 0 aliphatic heterocycles. The lowest BCUT2D eigenvalue weighted by Crippen LogP contribution is -2.31. The second-order valence-corrected chi connectivity index (χ2v) is 5.79. The van der Waals surface area contributed by atoms with Crippen LogP contribution in [0.2, 0.25) is 0 Å². The maximum Gasteiger partial charge on any atom is 0.211 e. The van der Waals surface area contributed by atoms with Gasteiger partial charge in [0.2, 0.25) is 10.0 Å². The van der Waals surface area contributed by atoms with Gasteiger partial charge in [0.15, 0.2) is 0 Å². The van der Waals surface area contributed by atoms with Crippen LogP contribution in [-0.4, -0.2) is 32.4 Å². The van der Waals surface area contributed by atoms with Crippen LogP contribution in [-0.2, 0) is 10.0 Å². The van der Waals surface area contributed by atoms with Crippen LogP contribution < -0.4 is 4.72 Å². The zero-order valence-electron chi connectivity index (χ0n) is 7.91. The van der Waals surface area contributed by atoms with Gasteiger partial charge in [-0.3, -0.25) is 0 Å². The Hall–Kier alpha value is -0.130. The SMILES string of the molecule is CCS(=O)(=O)NCC1(CCO)CC1. The van der Waals surface area contributed by atoms with E-state index in [9.17, 15) is 8.42 Å². The Labute approximate surface area is 79.4 Å². The summed E-state index contributed by atoms with van der Waals surface area (Å²) in [6, 6.07) is 0. The molecule has 0 radical (unpaired) electrons. The minimum atomic E-state index is -3.06. The molecule has 13 heavy (non-hydrogen) atoms. The topological polar surface area (TPSA) is 66.4 Å². The van der Waals surface area contributed by atoms with Crippen molar-refractivity contribution in [2.45, 2.75) is 26.2 Å². The summed E-state index contributed by atoms with van der Waals surface area (Å²) in [5.41, 5.74) is 0.0665. The molecule has 0 spiro atoms. The van der Waals surface area contributed by atoms with Crippen molar-refractivity contribution in [3.05, 3.63) is 0 Å². The summed E-state index contributed by atoms with van der Waals surface area (Å²) >= 11 is 0. The van der Waals surface area contributed by atoms with Gasteiger partial charge in [-0.1, -0.05) is 0 Å². The molecular formula is C8H17NO3S. The van der Waals surface area contributed by atoms with Crippen LogP contribution in [0.25, 0.3) is 0 Å². The molecule has 4 nitrogen and oxygen atoms in total. The van der Waals surface area contributed by atoms with E-state index >= 15 is 0 Å². The standard InChI is InChI=1S/C8H17NO3S/c1-2-13(11,12)9-7-8(3-4-8)5-6-10/h9-10H,2-7H2,1H3. The van der Waals surface area contributed by atoms with Crippen molar-refractivity contribution in [1.29, 1.82) is 0 Å². The van der Waals surface area contributed by atoms with Crippen LogP contribution >= 0.6 is 0 Å². The lowest BCUT2D eigenvalue weighted by Gasteiger charge is -2.13. The molecule has 0 amide bonds. The van der Waals surface area contributed by atoms with Crippen LogP contribution in [0.5, 0.6) is 0 Å². The summed E-state index contributed by atoms with van der Waals surface area (Å²) in [6.07, 6.45) is 2.76. The number of hydrogen-bond acceptors (Lipinski definition) is 3. The van der Waals surface area contributed by atoms with Gasteiger partial charge in [0.25, 0.3) is 0 Å². The fourth-order valence-electron chi connectivity index (χ4n) is 1.29. The minimum Gasteiger partial charge on any atom is -0.396 e. The third kappa shape index (κ3) is 3.25. The highest BCUT2D eigenvalue weighted by molar-refractivity contribution is 7.89. The van der Waals surface area contributed by atoms with Crippen LogP contribution in [0.1, 0.15) is 26.2 Å². The second-order valence-electron chi connectivity index (χ2n) is 3.70. The first-order valence-corrected chi connectivity index (χ1v) is 6.27. The Balaban J connectivity index is 2.34. The molecule has 0 saturated heterocycles. The number of sulfonamides is 1. The minimum absolute atomic E-state index is 0.0665. The molecule has 5 heteroatoms. The Morgan fingerprint density at radius 3 is 2.46 bits per heavy atom. The third-order valence-corrected chi connectivity index (χ3v) is 3.99. The monoisotopic (exact) mass is 207 g/mol. The van der Waals surface area contributed by atoms with Gasteiger partial charge in [-0.2, -0.15) is 0 Å². The number of hydrogen-bond donors (Lipinski definition) is 2. The normalized spacial score (nSPS) is 20.2. The van der Waals surface area contributed by atoms with Gasteiger partial charge in [-0.25, -0.2) is 13.1 Å². The molecule has 0 bridgehead atoms. The van der Waals surface area contributed by atoms with E-state index in [0.717, 1.165) is 12.8 Å². The summed E-state index contributed by atoms with van der Waals surface area (Å²) in [6.45, 7) is 2.26. The zero-order valence-corrected chi connectivity index (χ0v) is 8.73. The van der Waals surface area contributed by atoms with E-state index in [-0.39, 0.29) is 17.8 Å². The Morgan fingerprint density at radius 2 is 2.08 bits per heavy atom. The smallest absolute Gasteiger partial charge is 0.211 e. The second kappa shape index (κ2) is 3.94. The van der Waals surface area contributed by atoms with Crippen molar-refractivity contribution in [3.8, 4) is 0 Å². The highest BCUT2D eigenvalue weighted by atomic mass is 32.2. The first-order chi connectivity index (χ1) is 6.04. The molecule has 1 aliphatic carbocycles. The van der Waals surface area contributed by atoms with E-state index in [2.05, 4.69) is 4.72 Å². The summed E-state index contributed by atoms with van der Waals surface area (Å²) in [7, 11) is -3.06. The fraction of sp³-hybridized carbons (Fsp3) is 1.00. The molecule has 1 saturated carbocycles. The van der Waals surface area contributed by atoms with Crippen LogP contribution in [0.15, 0.2) is 0 Å². The molecule has 0 atom stereocenters. The Kier molecular flexibility index (Phi) is 3.32. The van der Waals surface area contributed by atoms with Crippen molar-refractivity contribution >= 4 is 10.0 Å². The van der Waals surface area contributed by atoms with Crippen LogP contribution in [0.3, 0.4) is 0 Å². The number of aliphatic hydroxyl groups excluding tert-OH is 1. The van der Waals surface area contributed by atoms with Gasteiger partial charge in [0.05, 0.1) is 5.75 Å². The largest absolute Gasteiger partial charge is 0.396 e. The summed E-state index contributed by atoms with van der Waals surface area (Å²) in [5.74, 6) is 0.127. The van der Waals surface area contributed by atoms with E-state index in [1.807, 2.05) is 0 Å². The van der Waals surface area contributed by atoms with Gasteiger partial charge in [0.1, 0.15) is 0 Å². The van der Waals surface area contributed by atoms with Gasteiger partial charge in [-0.05, 0) is 31.6 Å². The maximum atomic E-state index is 11.1. The van der Waals surface area contributed by atoms with E-state index in [0.29, 0.717) is 13.0 Å². The fourth-order valence-corrected chi connectivity index (χ4v) is 2.02. The number of nitrogens with one attached hydrogen (secondary N) is 1. The average molecular weight is 207 g/mol. The van der Waals surface area contributed by atoms with E-state index < -0.39 is 10.0 Å². The predicted molar refractivity (Wildman–Crippen MR) is 50.8 cm³/mol. The molecule has 0 aromatic rings. The highest BCUT2D eigenvalue weighted by Gasteiger charge is 2.42. The van der Waals surface area contributed by atoms with Gasteiger partial charge < -0.3 is 5.11 Å². The van der Waals surface area contributed by atoms with E-state index in [1.165, 1.54) is 0 Å². The highest BCUT2D eigenvalue weighted by Crippen LogP contribution is 2.47. The molecule has 0 heterocycles. The first kappa shape index (κ1) is 10.9. The molecule has 1 fully saturated rings. The summed E-state index contributed by atoms with van der Waals surface area (Å²) in [5, 5.41) is 8.75. The molecule has 1 rings (SSSR count). The molecule has 2 N–H and O–H groups in total. The molecule has 0 unspecified atom stereocenters. The van der Waals surface area contributed by atoms with Crippen molar-refractivity contribution in [2.24, 2.45) is 5.41 Å². The Bertz CT molecular complexity index is 257. The van der Waals surface area contributed by atoms with E-state index in [4.69, 9.17) is 5.11 Å². The number of aliphatic hydroxyl groups is 1. The van der Waals surface area contributed by atoms with Crippen molar-refractivity contribution in [3.63, 3.8) is 0 Å². The molecule has 78 valence electrons. The third-order valence-electron chi connectivity index (χ3n) is 2.65. The Morgan fingerprint density at radius 1 is 1.46 bits per heavy atom. The average Bonchev–Trinajstić information content (AvgIpc) is 2.84. The zero-order chi connectivity index (χ0) is 9.95. The van der Waals surface area contributed by atoms with Crippen molar-refractivity contribution in [2.75, 3.05) is 18.9 Å². The summed E-state index contributed by atoms with van der Waals surface area (Å²) in [4.78, 5) is 0. The van der Waals surface area contributed by atoms with Crippen LogP contribution in [0, 0.1) is 5.41 Å². The van der Waals surface area contributed by atoms with Gasteiger partial charge in [0, 0.05) is 13.2 Å². The van der Waals surface area contributed by atoms with Crippen molar-refractivity contribution < 1.29 is 13.5 Å². The lowest BCUT2D eigenvalue weighted by atomic mass is 10.0. The van der Waals surface area contributed by atoms with E-state index in [1.54, 1.807) is 6.92 Å². The number of rotatable bonds is 6. The molecule has 0 aromatic heterocycles. The summed E-state index contributed by atoms with van der Waals surface area (Å²) < 4.78 is 24.8. The van der Waals surface area contributed by atoms with Gasteiger partial charge >= 0.3 is 0 Å². The van der Waals surface area contributed by atoms with Crippen molar-refractivity contribution in [1.82, 2.24) is 4.72 Å². The van der Waals surface area contributed by atoms with Gasteiger partial charge in [-0.15, -0.1) is 0 Å². The molecule has 0 aromatic carbocycles. The van der Waals surface area contributed by atoms with Crippen LogP contribution in [0.4, 0.5) is 0 Å². The first-order valence-electron chi connectivity index (χ1n) is 4.62. The molecule has 1 aliphatic rings. The lowest BCUT2D eigenvalue weighted by molar-refractivity contribution is 0.249. The maximum absolute atomic E-state index is 11.1. The quantitative estimate of drug-likeness (QED) is 0.648. The molecular weight excluding hydrogens is 190 g/mol. The predicted octanol–water partition coefficient (Wildman–Crippen LogP) is 0.0883.